The van der Waals surface area contributed by atoms with Crippen LogP contribution in [0.15, 0.2) is 59.3 Å². The van der Waals surface area contributed by atoms with Gasteiger partial charge in [-0.3, -0.25) is 13.9 Å². The number of ether oxygens (including phenoxy) is 1. The number of Topliss-reactive ketones (excluding diaryl/α,β-unsaturated/α-hetero) is 1. The van der Waals surface area contributed by atoms with E-state index >= 15 is 0 Å². The summed E-state index contributed by atoms with van der Waals surface area (Å²) in [5.41, 5.74) is 0.705. The van der Waals surface area contributed by atoms with Crippen molar-refractivity contribution in [3.05, 3.63) is 81.1 Å². The van der Waals surface area contributed by atoms with Crippen LogP contribution in [-0.2, 0) is 15.1 Å². The maximum atomic E-state index is 13.8. The number of nitrogens with zero attached hydrogens (tertiary/aromatic N) is 2. The molecule has 0 radical (unpaired) electrons. The molecule has 3 heterocycles. The molecule has 1 amide bonds. The Morgan fingerprint density at radius 3 is 2.61 bits per heavy atom. The molecule has 2 aliphatic rings. The van der Waals surface area contributed by atoms with Crippen LogP contribution in [0.2, 0.25) is 5.02 Å². The Bertz CT molecular complexity index is 1250. The zero-order valence-corrected chi connectivity index (χ0v) is 22.6. The van der Waals surface area contributed by atoms with Crippen LogP contribution < -0.4 is 4.74 Å². The van der Waals surface area contributed by atoms with Gasteiger partial charge in [-0.25, -0.2) is 4.98 Å². The summed E-state index contributed by atoms with van der Waals surface area (Å²) in [6, 6.07) is 14.4. The second kappa shape index (κ2) is 10.6. The van der Waals surface area contributed by atoms with Gasteiger partial charge in [0.25, 0.3) is 0 Å². The van der Waals surface area contributed by atoms with E-state index in [-0.39, 0.29) is 18.3 Å². The van der Waals surface area contributed by atoms with Crippen molar-refractivity contribution < 1.29 is 14.3 Å². The average Bonchev–Trinajstić information content (AvgIpc) is 3.44. The summed E-state index contributed by atoms with van der Waals surface area (Å²) in [4.78, 5) is 32.3. The number of thiol groups is 1. The first-order chi connectivity index (χ1) is 17.4. The Morgan fingerprint density at radius 2 is 1.89 bits per heavy atom. The highest BCUT2D eigenvalue weighted by molar-refractivity contribution is 7.78. The average molecular weight is 541 g/mol. The van der Waals surface area contributed by atoms with Crippen molar-refractivity contribution in [3.8, 4) is 5.88 Å². The van der Waals surface area contributed by atoms with Crippen molar-refractivity contribution in [2.45, 2.75) is 63.0 Å². The number of piperidine rings is 1. The van der Waals surface area contributed by atoms with E-state index in [1.807, 2.05) is 35.0 Å². The number of aromatic nitrogens is 1. The van der Waals surface area contributed by atoms with E-state index in [4.69, 9.17) is 34.1 Å². The van der Waals surface area contributed by atoms with Crippen LogP contribution in [0.25, 0.3) is 0 Å². The van der Waals surface area contributed by atoms with Crippen LogP contribution in [0, 0.1) is 5.92 Å². The van der Waals surface area contributed by atoms with Gasteiger partial charge in [0.1, 0.15) is 17.6 Å². The van der Waals surface area contributed by atoms with Crippen LogP contribution in [0.5, 0.6) is 5.88 Å². The summed E-state index contributed by atoms with van der Waals surface area (Å²) in [7, 11) is 0. The Kier molecular flexibility index (Phi) is 7.42. The predicted molar refractivity (Wildman–Crippen MR) is 146 cm³/mol. The Balaban J connectivity index is 1.52. The van der Waals surface area contributed by atoms with Gasteiger partial charge in [-0.2, -0.15) is 11.3 Å². The van der Waals surface area contributed by atoms with E-state index in [9.17, 15) is 9.59 Å². The molecule has 1 aliphatic carbocycles. The normalized spacial score (nSPS) is 24.1. The van der Waals surface area contributed by atoms with Gasteiger partial charge in [-0.15, -0.1) is 0 Å². The molecule has 2 fully saturated rings. The minimum atomic E-state index is -1.15. The lowest BCUT2D eigenvalue weighted by Crippen LogP contribution is -2.54. The molecule has 1 aliphatic heterocycles. The zero-order valence-electron chi connectivity index (χ0n) is 20.1. The summed E-state index contributed by atoms with van der Waals surface area (Å²) in [6.07, 6.45) is 6.15. The van der Waals surface area contributed by atoms with E-state index in [0.29, 0.717) is 28.1 Å². The molecule has 0 spiro atoms. The van der Waals surface area contributed by atoms with Gasteiger partial charge in [-0.1, -0.05) is 67.9 Å². The molecular formula is C28H29ClN2O3S2. The van der Waals surface area contributed by atoms with Crippen molar-refractivity contribution >= 4 is 47.4 Å². The van der Waals surface area contributed by atoms with Gasteiger partial charge in [0.2, 0.25) is 11.8 Å². The second-order valence-corrected chi connectivity index (χ2v) is 11.3. The summed E-state index contributed by atoms with van der Waals surface area (Å²) in [6.45, 7) is 2.10. The molecule has 1 aromatic carbocycles. The molecule has 3 atom stereocenters. The lowest BCUT2D eigenvalue weighted by molar-refractivity contribution is -0.142. The summed E-state index contributed by atoms with van der Waals surface area (Å²) in [5, 5.41) is 4.26. The largest absolute Gasteiger partial charge is 0.474 e. The van der Waals surface area contributed by atoms with E-state index in [1.54, 1.807) is 24.3 Å². The highest BCUT2D eigenvalue weighted by Gasteiger charge is 2.53. The van der Waals surface area contributed by atoms with E-state index in [2.05, 4.69) is 6.92 Å². The van der Waals surface area contributed by atoms with Gasteiger partial charge in [0.15, 0.2) is 5.78 Å². The maximum Gasteiger partial charge on any atom is 0.248 e. The van der Waals surface area contributed by atoms with E-state index in [1.165, 1.54) is 34.9 Å². The minimum absolute atomic E-state index is 0.0312. The third kappa shape index (κ3) is 4.57. The van der Waals surface area contributed by atoms with E-state index in [0.717, 1.165) is 18.4 Å². The first-order valence-corrected chi connectivity index (χ1v) is 14.1. The fraction of sp³-hybridized carbons (Fsp3) is 0.393. The van der Waals surface area contributed by atoms with Gasteiger partial charge < -0.3 is 4.74 Å². The van der Waals surface area contributed by atoms with E-state index < -0.39 is 17.4 Å². The zero-order chi connectivity index (χ0) is 25.3. The maximum absolute atomic E-state index is 13.8. The Morgan fingerprint density at radius 1 is 1.11 bits per heavy atom. The van der Waals surface area contributed by atoms with Crippen LogP contribution in [0.4, 0.5) is 0 Å². The molecule has 36 heavy (non-hydrogen) atoms. The fourth-order valence-corrected chi connectivity index (χ4v) is 6.94. The second-order valence-electron chi connectivity index (χ2n) is 9.70. The van der Waals surface area contributed by atoms with Crippen molar-refractivity contribution in [1.29, 1.82) is 0 Å². The number of hydrogen-bond donors (Lipinski definition) is 1. The molecule has 0 N–H and O–H groups in total. The van der Waals surface area contributed by atoms with Crippen LogP contribution in [0.3, 0.4) is 0 Å². The highest BCUT2D eigenvalue weighted by atomic mass is 35.5. The third-order valence-electron chi connectivity index (χ3n) is 7.55. The number of ketones is 1. The Labute approximate surface area is 226 Å². The molecule has 1 saturated carbocycles. The number of hydrogen-bond acceptors (Lipinski definition) is 6. The summed E-state index contributed by atoms with van der Waals surface area (Å²) < 4.78 is 7.68. The number of thiophene rings is 1. The van der Waals surface area contributed by atoms with Gasteiger partial charge in [-0.05, 0) is 65.8 Å². The molecule has 1 saturated heterocycles. The topological polar surface area (TPSA) is 59.5 Å². The smallest absolute Gasteiger partial charge is 0.248 e. The molecule has 8 heteroatoms. The van der Waals surface area contributed by atoms with Crippen molar-refractivity contribution in [3.63, 3.8) is 0 Å². The van der Waals surface area contributed by atoms with Crippen molar-refractivity contribution in [1.82, 2.24) is 9.29 Å². The lowest BCUT2D eigenvalue weighted by atomic mass is 9.75. The molecule has 2 aromatic heterocycles. The van der Waals surface area contributed by atoms with Crippen molar-refractivity contribution in [2.24, 2.45) is 5.92 Å². The SMILES string of the molecule is CC(Oc1cccc(C2(c3ccsc3)CC(=O)C(c3ccccc3Cl)C(=O)N2S)n1)C1CCCCC1. The summed E-state index contributed by atoms with van der Waals surface area (Å²) >= 11 is 12.6. The molecule has 5 nitrogen and oxygen atoms in total. The molecular weight excluding hydrogens is 512 g/mol. The van der Waals surface area contributed by atoms with Gasteiger partial charge >= 0.3 is 0 Å². The molecule has 3 unspecified atom stereocenters. The first kappa shape index (κ1) is 25.3. The number of rotatable bonds is 6. The minimum Gasteiger partial charge on any atom is -0.474 e. The number of halogens is 1. The monoisotopic (exact) mass is 540 g/mol. The third-order valence-corrected chi connectivity index (χ3v) is 9.12. The molecule has 0 bridgehead atoms. The van der Waals surface area contributed by atoms with Crippen molar-refractivity contribution in [2.75, 3.05) is 0 Å². The summed E-state index contributed by atoms with van der Waals surface area (Å²) in [5.74, 6) is -0.639. The quantitative estimate of drug-likeness (QED) is 0.275. The highest BCUT2D eigenvalue weighted by Crippen LogP contribution is 2.48. The first-order valence-electron chi connectivity index (χ1n) is 12.4. The van der Waals surface area contributed by atoms with Crippen LogP contribution in [-0.4, -0.2) is 27.1 Å². The van der Waals surface area contributed by atoms with Gasteiger partial charge in [0, 0.05) is 17.5 Å². The van der Waals surface area contributed by atoms with Crippen LogP contribution in [0.1, 0.15) is 68.2 Å². The lowest BCUT2D eigenvalue weighted by Gasteiger charge is -2.45. The fourth-order valence-electron chi connectivity index (χ4n) is 5.57. The van der Waals surface area contributed by atoms with Crippen LogP contribution >= 0.6 is 35.8 Å². The van der Waals surface area contributed by atoms with Gasteiger partial charge in [0.05, 0.1) is 5.69 Å². The number of amides is 1. The predicted octanol–water partition coefficient (Wildman–Crippen LogP) is 6.82. The molecule has 3 aromatic rings. The molecule has 5 rings (SSSR count). The number of carbonyl (C=O) groups is 2. The molecule has 188 valence electrons. The number of benzene rings is 1. The standard InChI is InChI=1S/C28H29ClN2O3S2/c1-18(19-8-3-2-4-9-19)34-25-13-7-12-24(30-25)28(20-14-15-36-17-20)16-23(32)26(27(33)31(28)35)21-10-5-6-11-22(21)29/h5-7,10-15,17-19,26,35H,2-4,8-9,16H2,1H3. The number of pyridine rings is 1. The number of carbonyl (C=O) groups excluding carboxylic acids is 2. The Hall–Kier alpha value is -2.35.